The molecule has 0 spiro atoms. The molecule has 0 atom stereocenters. The number of hydrogen-bond donors (Lipinski definition) is 0. The molecule has 0 bridgehead atoms. The second-order valence-corrected chi connectivity index (χ2v) is 3.44. The van der Waals surface area contributed by atoms with Gasteiger partial charge in [-0.25, -0.2) is 4.79 Å². The van der Waals surface area contributed by atoms with Gasteiger partial charge in [0.1, 0.15) is 11.8 Å². The quantitative estimate of drug-likeness (QED) is 0.611. The number of nitrogens with zero attached hydrogens (tertiary/aromatic N) is 1. The van der Waals surface area contributed by atoms with Crippen molar-refractivity contribution in [2.75, 3.05) is 13.7 Å². The Balaban J connectivity index is 3.35. The molecule has 1 aromatic carbocycles. The maximum Gasteiger partial charge on any atom is 0.339 e. The minimum Gasteiger partial charge on any atom is -0.497 e. The van der Waals surface area contributed by atoms with Crippen LogP contribution in [0.5, 0.6) is 5.75 Å². The van der Waals surface area contributed by atoms with Crippen LogP contribution < -0.4 is 4.74 Å². The lowest BCUT2D eigenvalue weighted by Gasteiger charge is -2.09. The van der Waals surface area contributed by atoms with Crippen molar-refractivity contribution < 1.29 is 14.3 Å². The Kier molecular flexibility index (Phi) is 4.80. The summed E-state index contributed by atoms with van der Waals surface area (Å²) in [7, 11) is 1.48. The van der Waals surface area contributed by atoms with Gasteiger partial charge >= 0.3 is 5.97 Å². The van der Waals surface area contributed by atoms with Gasteiger partial charge in [-0.3, -0.25) is 0 Å². The van der Waals surface area contributed by atoms with E-state index < -0.39 is 5.97 Å². The Labute approximate surface area is 105 Å². The summed E-state index contributed by atoms with van der Waals surface area (Å²) in [5.74, 6) is 0.0592. The van der Waals surface area contributed by atoms with Crippen LogP contribution in [0, 0.1) is 11.3 Å². The maximum absolute atomic E-state index is 11.7. The molecule has 0 aliphatic rings. The van der Waals surface area contributed by atoms with Crippen molar-refractivity contribution in [1.82, 2.24) is 0 Å². The number of carbonyl (C=O) groups is 1. The minimum atomic E-state index is -0.547. The second kappa shape index (κ2) is 6.12. The summed E-state index contributed by atoms with van der Waals surface area (Å²) >= 11 is 5.73. The fourth-order valence-electron chi connectivity index (χ4n) is 1.40. The molecule has 0 aromatic heterocycles. The van der Waals surface area contributed by atoms with Gasteiger partial charge in [0.05, 0.1) is 24.8 Å². The fraction of sp³-hybridized carbons (Fsp3) is 0.333. The molecule has 17 heavy (non-hydrogen) atoms. The molecule has 0 aliphatic carbocycles. The van der Waals surface area contributed by atoms with Crippen LogP contribution in [0.1, 0.15) is 28.4 Å². The molecule has 0 N–H and O–H groups in total. The molecule has 0 unspecified atom stereocenters. The zero-order valence-corrected chi connectivity index (χ0v) is 10.4. The summed E-state index contributed by atoms with van der Waals surface area (Å²) in [6.07, 6.45) is 0. The number of esters is 1. The first-order chi connectivity index (χ1) is 8.17. The first-order valence-electron chi connectivity index (χ1n) is 5.02. The van der Waals surface area contributed by atoms with Crippen molar-refractivity contribution >= 4 is 17.6 Å². The lowest BCUT2D eigenvalue weighted by atomic mass is 10.0. The molecule has 0 heterocycles. The third kappa shape index (κ3) is 2.89. The van der Waals surface area contributed by atoms with E-state index in [1.165, 1.54) is 13.2 Å². The lowest BCUT2D eigenvalue weighted by molar-refractivity contribution is 0.0525. The summed E-state index contributed by atoms with van der Waals surface area (Å²) in [5, 5.41) is 9.05. The van der Waals surface area contributed by atoms with Crippen molar-refractivity contribution in [3.8, 4) is 11.8 Å². The van der Waals surface area contributed by atoms with E-state index in [9.17, 15) is 4.79 Å². The molecule has 0 fully saturated rings. The van der Waals surface area contributed by atoms with Crippen molar-refractivity contribution in [1.29, 1.82) is 5.26 Å². The normalized spacial score (nSPS) is 9.53. The van der Waals surface area contributed by atoms with Gasteiger partial charge in [0.2, 0.25) is 0 Å². The monoisotopic (exact) mass is 253 g/mol. The Morgan fingerprint density at radius 2 is 2.24 bits per heavy atom. The summed E-state index contributed by atoms with van der Waals surface area (Å²) in [6.45, 7) is 1.95. The van der Waals surface area contributed by atoms with Crippen LogP contribution in [0.4, 0.5) is 0 Å². The van der Waals surface area contributed by atoms with Crippen LogP contribution >= 0.6 is 11.6 Å². The van der Waals surface area contributed by atoms with Gasteiger partial charge in [-0.05, 0) is 24.6 Å². The summed E-state index contributed by atoms with van der Waals surface area (Å²) < 4.78 is 9.93. The van der Waals surface area contributed by atoms with Crippen LogP contribution in [-0.2, 0) is 10.6 Å². The minimum absolute atomic E-state index is 0.131. The number of hydrogen-bond acceptors (Lipinski definition) is 4. The molecule has 0 saturated carbocycles. The second-order valence-electron chi connectivity index (χ2n) is 3.17. The lowest BCUT2D eigenvalue weighted by Crippen LogP contribution is -2.09. The van der Waals surface area contributed by atoms with E-state index in [0.29, 0.717) is 11.3 Å². The molecule has 4 nitrogen and oxygen atoms in total. The Morgan fingerprint density at radius 1 is 1.53 bits per heavy atom. The molecule has 1 aromatic rings. The van der Waals surface area contributed by atoms with E-state index in [2.05, 4.69) is 0 Å². The number of rotatable bonds is 4. The average Bonchev–Trinajstić information content (AvgIpc) is 2.37. The van der Waals surface area contributed by atoms with Gasteiger partial charge in [0.15, 0.2) is 0 Å². The fourth-order valence-corrected chi connectivity index (χ4v) is 1.61. The van der Waals surface area contributed by atoms with E-state index in [-0.39, 0.29) is 23.6 Å². The molecule has 0 radical (unpaired) electrons. The number of benzene rings is 1. The van der Waals surface area contributed by atoms with E-state index in [1.807, 2.05) is 6.07 Å². The number of alkyl halides is 1. The molecular weight excluding hydrogens is 242 g/mol. The Morgan fingerprint density at radius 3 is 2.71 bits per heavy atom. The van der Waals surface area contributed by atoms with Crippen LogP contribution in [0.15, 0.2) is 12.1 Å². The SMILES string of the molecule is CCOC(=O)c1cc(OC)cc(CCl)c1C#N. The standard InChI is InChI=1S/C12H12ClNO3/c1-3-17-12(15)10-5-9(16-2)4-8(6-13)11(10)7-14/h4-5H,3,6H2,1-2H3. The van der Waals surface area contributed by atoms with Gasteiger partial charge in [0.25, 0.3) is 0 Å². The number of halogens is 1. The predicted octanol–water partition coefficient (Wildman–Crippen LogP) is 2.48. The van der Waals surface area contributed by atoms with Crippen LogP contribution in [0.2, 0.25) is 0 Å². The van der Waals surface area contributed by atoms with Crippen molar-refractivity contribution in [2.24, 2.45) is 0 Å². The third-order valence-electron chi connectivity index (χ3n) is 2.18. The largest absolute Gasteiger partial charge is 0.497 e. The van der Waals surface area contributed by atoms with Crippen LogP contribution in [0.25, 0.3) is 0 Å². The zero-order chi connectivity index (χ0) is 12.8. The van der Waals surface area contributed by atoms with Crippen molar-refractivity contribution in [2.45, 2.75) is 12.8 Å². The highest BCUT2D eigenvalue weighted by atomic mass is 35.5. The number of ether oxygens (including phenoxy) is 2. The first-order valence-corrected chi connectivity index (χ1v) is 5.55. The van der Waals surface area contributed by atoms with Gasteiger partial charge in [-0.15, -0.1) is 11.6 Å². The highest BCUT2D eigenvalue weighted by molar-refractivity contribution is 6.17. The average molecular weight is 254 g/mol. The Bertz CT molecular complexity index is 466. The van der Waals surface area contributed by atoms with Crippen LogP contribution in [0.3, 0.4) is 0 Å². The molecule has 0 saturated heterocycles. The predicted molar refractivity (Wildman–Crippen MR) is 63.2 cm³/mol. The van der Waals surface area contributed by atoms with E-state index >= 15 is 0 Å². The summed E-state index contributed by atoms with van der Waals surface area (Å²) in [6, 6.07) is 5.08. The summed E-state index contributed by atoms with van der Waals surface area (Å²) in [4.78, 5) is 11.7. The highest BCUT2D eigenvalue weighted by Gasteiger charge is 2.17. The number of carbonyl (C=O) groups excluding carboxylic acids is 1. The van der Waals surface area contributed by atoms with E-state index in [0.717, 1.165) is 0 Å². The van der Waals surface area contributed by atoms with Gasteiger partial charge in [-0.2, -0.15) is 5.26 Å². The number of methoxy groups -OCH3 is 1. The van der Waals surface area contributed by atoms with Gasteiger partial charge in [0, 0.05) is 5.88 Å². The molecule has 1 rings (SSSR count). The smallest absolute Gasteiger partial charge is 0.339 e. The van der Waals surface area contributed by atoms with Crippen molar-refractivity contribution in [3.05, 3.63) is 28.8 Å². The number of nitriles is 1. The molecule has 0 amide bonds. The van der Waals surface area contributed by atoms with Gasteiger partial charge in [-0.1, -0.05) is 0 Å². The van der Waals surface area contributed by atoms with E-state index in [1.54, 1.807) is 13.0 Å². The van der Waals surface area contributed by atoms with Gasteiger partial charge < -0.3 is 9.47 Å². The molecular formula is C12H12ClNO3. The Hall–Kier alpha value is -1.73. The third-order valence-corrected chi connectivity index (χ3v) is 2.47. The summed E-state index contributed by atoms with van der Waals surface area (Å²) in [5.41, 5.74) is 0.972. The van der Waals surface area contributed by atoms with Crippen LogP contribution in [-0.4, -0.2) is 19.7 Å². The molecule has 0 aliphatic heterocycles. The molecule has 5 heteroatoms. The topological polar surface area (TPSA) is 59.3 Å². The maximum atomic E-state index is 11.7. The highest BCUT2D eigenvalue weighted by Crippen LogP contribution is 2.24. The van der Waals surface area contributed by atoms with Crippen molar-refractivity contribution in [3.63, 3.8) is 0 Å². The zero-order valence-electron chi connectivity index (χ0n) is 9.62. The van der Waals surface area contributed by atoms with E-state index in [4.69, 9.17) is 26.3 Å². The molecule has 90 valence electrons. The first kappa shape index (κ1) is 13.3.